The van der Waals surface area contributed by atoms with Crippen molar-refractivity contribution in [3.8, 4) is 17.2 Å². The van der Waals surface area contributed by atoms with Crippen LogP contribution in [0.2, 0.25) is 0 Å². The summed E-state index contributed by atoms with van der Waals surface area (Å²) < 4.78 is 22.9. The summed E-state index contributed by atoms with van der Waals surface area (Å²) in [5.41, 5.74) is 0.682. The molecule has 0 bridgehead atoms. The summed E-state index contributed by atoms with van der Waals surface area (Å²) in [7, 11) is 0. The molecule has 140 valence electrons. The van der Waals surface area contributed by atoms with Crippen LogP contribution in [0.1, 0.15) is 25.6 Å². The largest absolute Gasteiger partial charge is 0.490 e. The number of hydrogen-bond acceptors (Lipinski definition) is 5. The molecule has 2 heterocycles. The first-order chi connectivity index (χ1) is 13.2. The van der Waals surface area contributed by atoms with Gasteiger partial charge in [-0.2, -0.15) is 0 Å². The fraction of sp³-hybridized carbons (Fsp3) is 0.286. The molecule has 6 heteroatoms. The Kier molecular flexibility index (Phi) is 4.62. The molecule has 0 saturated heterocycles. The number of para-hydroxylation sites is 3. The molecule has 3 aromatic rings. The lowest BCUT2D eigenvalue weighted by molar-refractivity contribution is -0.131. The van der Waals surface area contributed by atoms with Crippen LogP contribution in [0.15, 0.2) is 52.9 Å². The molecule has 27 heavy (non-hydrogen) atoms. The lowest BCUT2D eigenvalue weighted by Crippen LogP contribution is -2.44. The molecule has 0 radical (unpaired) electrons. The van der Waals surface area contributed by atoms with Gasteiger partial charge in [0, 0.05) is 5.39 Å². The minimum absolute atomic E-state index is 0.171. The zero-order valence-electron chi connectivity index (χ0n) is 15.2. The second kappa shape index (κ2) is 7.23. The molecule has 6 nitrogen and oxygen atoms in total. The van der Waals surface area contributed by atoms with E-state index in [4.69, 9.17) is 18.6 Å². The molecule has 4 rings (SSSR count). The predicted molar refractivity (Wildman–Crippen MR) is 100 cm³/mol. The van der Waals surface area contributed by atoms with Gasteiger partial charge in [0.15, 0.2) is 22.8 Å². The second-order valence-corrected chi connectivity index (χ2v) is 6.35. The van der Waals surface area contributed by atoms with Crippen LogP contribution in [0.25, 0.3) is 11.0 Å². The molecule has 1 aromatic heterocycles. The van der Waals surface area contributed by atoms with Crippen LogP contribution >= 0.6 is 0 Å². The Balaban J connectivity index is 1.47. The van der Waals surface area contributed by atoms with Crippen LogP contribution in [-0.2, 0) is 4.79 Å². The van der Waals surface area contributed by atoms with E-state index in [2.05, 4.69) is 5.32 Å². The number of carbonyl (C=O) groups is 1. The van der Waals surface area contributed by atoms with Gasteiger partial charge in [-0.05, 0) is 38.1 Å². The zero-order valence-corrected chi connectivity index (χ0v) is 15.2. The average molecular weight is 367 g/mol. The number of ether oxygens (including phenoxy) is 3. The quantitative estimate of drug-likeness (QED) is 0.742. The molecule has 0 spiro atoms. The van der Waals surface area contributed by atoms with Crippen LogP contribution in [0, 0.1) is 0 Å². The van der Waals surface area contributed by atoms with Gasteiger partial charge in [0.1, 0.15) is 12.4 Å². The Morgan fingerprint density at radius 2 is 2.04 bits per heavy atom. The van der Waals surface area contributed by atoms with Gasteiger partial charge in [0.25, 0.3) is 5.91 Å². The van der Waals surface area contributed by atoms with Gasteiger partial charge in [0.2, 0.25) is 6.10 Å². The molecule has 0 fully saturated rings. The summed E-state index contributed by atoms with van der Waals surface area (Å²) in [5, 5.41) is 3.86. The number of hydrogen-bond donors (Lipinski definition) is 1. The Morgan fingerprint density at radius 1 is 1.22 bits per heavy atom. The van der Waals surface area contributed by atoms with Crippen LogP contribution < -0.4 is 19.5 Å². The Morgan fingerprint density at radius 3 is 2.85 bits per heavy atom. The maximum Gasteiger partial charge on any atom is 0.265 e. The van der Waals surface area contributed by atoms with Crippen molar-refractivity contribution in [1.82, 2.24) is 5.32 Å². The van der Waals surface area contributed by atoms with Gasteiger partial charge in [-0.15, -0.1) is 0 Å². The van der Waals surface area contributed by atoms with Crippen LogP contribution in [0.4, 0.5) is 0 Å². The first kappa shape index (κ1) is 17.3. The van der Waals surface area contributed by atoms with Crippen molar-refractivity contribution in [3.63, 3.8) is 0 Å². The lowest BCUT2D eigenvalue weighted by atomic mass is 10.2. The Labute approximate surface area is 157 Å². The van der Waals surface area contributed by atoms with Crippen molar-refractivity contribution in [3.05, 3.63) is 54.3 Å². The summed E-state index contributed by atoms with van der Waals surface area (Å²) in [6, 6.07) is 14.6. The molecule has 1 aliphatic heterocycles. The third kappa shape index (κ3) is 3.43. The minimum atomic E-state index is -0.703. The first-order valence-corrected chi connectivity index (χ1v) is 9.00. The van der Waals surface area contributed by atoms with E-state index in [0.29, 0.717) is 35.2 Å². The van der Waals surface area contributed by atoms with E-state index in [-0.39, 0.29) is 18.6 Å². The smallest absolute Gasteiger partial charge is 0.265 e. The van der Waals surface area contributed by atoms with Gasteiger partial charge in [0.05, 0.1) is 12.6 Å². The Bertz CT molecular complexity index is 964. The van der Waals surface area contributed by atoms with Crippen LogP contribution in [0.3, 0.4) is 0 Å². The van der Waals surface area contributed by atoms with Crippen molar-refractivity contribution in [2.75, 3.05) is 13.2 Å². The lowest BCUT2D eigenvalue weighted by Gasteiger charge is -2.26. The SMILES string of the molecule is CCOc1cccc2cc(C(C)NC(=O)C3COc4ccccc4O3)oc12. The van der Waals surface area contributed by atoms with Crippen LogP contribution in [0.5, 0.6) is 17.2 Å². The fourth-order valence-electron chi connectivity index (χ4n) is 3.07. The van der Waals surface area contributed by atoms with Gasteiger partial charge < -0.3 is 23.9 Å². The van der Waals surface area contributed by atoms with Crippen molar-refractivity contribution in [2.24, 2.45) is 0 Å². The zero-order chi connectivity index (χ0) is 18.8. The van der Waals surface area contributed by atoms with E-state index >= 15 is 0 Å². The molecule has 2 unspecified atom stereocenters. The number of amides is 1. The summed E-state index contributed by atoms with van der Waals surface area (Å²) in [6.45, 7) is 4.52. The van der Waals surface area contributed by atoms with Gasteiger partial charge in [-0.1, -0.05) is 24.3 Å². The monoisotopic (exact) mass is 367 g/mol. The topological polar surface area (TPSA) is 69.9 Å². The van der Waals surface area contributed by atoms with Crippen molar-refractivity contribution >= 4 is 16.9 Å². The molecule has 1 N–H and O–H groups in total. The highest BCUT2D eigenvalue weighted by Crippen LogP contribution is 2.32. The van der Waals surface area contributed by atoms with Crippen molar-refractivity contribution in [2.45, 2.75) is 26.0 Å². The van der Waals surface area contributed by atoms with Crippen molar-refractivity contribution in [1.29, 1.82) is 0 Å². The summed E-state index contributed by atoms with van der Waals surface area (Å²) in [6.07, 6.45) is -0.703. The first-order valence-electron chi connectivity index (χ1n) is 9.00. The molecule has 0 aliphatic carbocycles. The van der Waals surface area contributed by atoms with Gasteiger partial charge >= 0.3 is 0 Å². The highest BCUT2D eigenvalue weighted by molar-refractivity contribution is 5.85. The van der Waals surface area contributed by atoms with E-state index < -0.39 is 6.10 Å². The number of nitrogens with one attached hydrogen (secondary N) is 1. The number of furan rings is 1. The Hall–Kier alpha value is -3.15. The predicted octanol–water partition coefficient (Wildman–Crippen LogP) is 3.85. The number of fused-ring (bicyclic) bond motifs is 2. The van der Waals surface area contributed by atoms with Crippen LogP contribution in [-0.4, -0.2) is 25.2 Å². The molecule has 1 amide bonds. The molecular formula is C21H21NO5. The standard InChI is InChI=1S/C21H21NO5/c1-3-24-17-10-6-7-14-11-18(27-20(14)17)13(2)22-21(23)19-12-25-15-8-4-5-9-16(15)26-19/h4-11,13,19H,3,12H2,1-2H3,(H,22,23). The number of carbonyl (C=O) groups excluding carboxylic acids is 1. The van der Waals surface area contributed by atoms with E-state index in [1.807, 2.05) is 56.3 Å². The summed E-state index contributed by atoms with van der Waals surface area (Å²) in [4.78, 5) is 12.6. The maximum absolute atomic E-state index is 12.6. The average Bonchev–Trinajstić information content (AvgIpc) is 3.13. The molecule has 2 atom stereocenters. The highest BCUT2D eigenvalue weighted by Gasteiger charge is 2.29. The van der Waals surface area contributed by atoms with Gasteiger partial charge in [-0.3, -0.25) is 4.79 Å². The van der Waals surface area contributed by atoms with Crippen molar-refractivity contribution < 1.29 is 23.4 Å². The molecule has 0 saturated carbocycles. The summed E-state index contributed by atoms with van der Waals surface area (Å²) in [5.74, 6) is 2.32. The van der Waals surface area contributed by atoms with E-state index in [9.17, 15) is 4.79 Å². The second-order valence-electron chi connectivity index (χ2n) is 6.35. The van der Waals surface area contributed by atoms with E-state index in [1.54, 1.807) is 6.07 Å². The fourth-order valence-corrected chi connectivity index (χ4v) is 3.07. The molecule has 1 aliphatic rings. The van der Waals surface area contributed by atoms with Gasteiger partial charge in [-0.25, -0.2) is 0 Å². The third-order valence-electron chi connectivity index (χ3n) is 4.41. The van der Waals surface area contributed by atoms with E-state index in [1.165, 1.54) is 0 Å². The third-order valence-corrected chi connectivity index (χ3v) is 4.41. The minimum Gasteiger partial charge on any atom is -0.490 e. The highest BCUT2D eigenvalue weighted by atomic mass is 16.6. The number of rotatable bonds is 5. The normalized spacial score (nSPS) is 16.7. The number of benzene rings is 2. The summed E-state index contributed by atoms with van der Waals surface area (Å²) >= 11 is 0. The van der Waals surface area contributed by atoms with E-state index in [0.717, 1.165) is 5.39 Å². The maximum atomic E-state index is 12.6. The molecular weight excluding hydrogens is 346 g/mol. The molecule has 2 aromatic carbocycles.